The van der Waals surface area contributed by atoms with Gasteiger partial charge in [-0.25, -0.2) is 4.98 Å². The molecule has 3 aromatic carbocycles. The molecule has 7 heteroatoms. The molecule has 3 N–H and O–H groups in total. The van der Waals surface area contributed by atoms with Crippen LogP contribution in [0.25, 0.3) is 28.0 Å². The van der Waals surface area contributed by atoms with E-state index in [1.54, 1.807) is 18.5 Å². The maximum atomic E-state index is 12.6. The Morgan fingerprint density at radius 2 is 1.85 bits per heavy atom. The van der Waals surface area contributed by atoms with Crippen LogP contribution >= 0.6 is 0 Å². The number of benzene rings is 3. The van der Waals surface area contributed by atoms with Crippen LogP contribution in [0.4, 0.5) is 5.69 Å². The zero-order valence-electron chi connectivity index (χ0n) is 18.2. The van der Waals surface area contributed by atoms with Crippen molar-refractivity contribution >= 4 is 45.6 Å². The Hall–Kier alpha value is -4.65. The molecular formula is C27H22N4O3. The zero-order valence-corrected chi connectivity index (χ0v) is 18.2. The molecule has 0 aliphatic heterocycles. The minimum absolute atomic E-state index is 0.0839. The number of nitrogens with zero attached hydrogens (tertiary/aromatic N) is 2. The number of carbonyl (C=O) groups is 2. The monoisotopic (exact) mass is 450 g/mol. The summed E-state index contributed by atoms with van der Waals surface area (Å²) in [5.41, 5.74) is 4.88. The number of carboxylic acid groups (broad SMARTS) is 1. The van der Waals surface area contributed by atoms with Gasteiger partial charge in [0, 0.05) is 28.9 Å². The first-order valence-corrected chi connectivity index (χ1v) is 10.9. The van der Waals surface area contributed by atoms with Crippen LogP contribution in [-0.2, 0) is 9.59 Å². The van der Waals surface area contributed by atoms with Gasteiger partial charge in [-0.15, -0.1) is 0 Å². The van der Waals surface area contributed by atoms with Crippen LogP contribution in [0, 0.1) is 0 Å². The lowest BCUT2D eigenvalue weighted by atomic mass is 10.0. The molecule has 0 aliphatic carbocycles. The number of carbonyl (C=O) groups excluding carboxylic acids is 1. The smallest absolute Gasteiger partial charge is 0.305 e. The van der Waals surface area contributed by atoms with Crippen molar-refractivity contribution in [2.75, 3.05) is 5.32 Å². The number of amides is 1. The fraction of sp³-hybridized carbons (Fsp3) is 0.0741. The summed E-state index contributed by atoms with van der Waals surface area (Å²) >= 11 is 0. The molecule has 2 aromatic heterocycles. The third-order valence-corrected chi connectivity index (χ3v) is 5.77. The highest BCUT2D eigenvalue weighted by Gasteiger charge is 2.20. The molecule has 0 spiro atoms. The first kappa shape index (κ1) is 21.2. The van der Waals surface area contributed by atoms with E-state index >= 15 is 0 Å². The molecule has 7 nitrogen and oxygen atoms in total. The number of fused-ring (bicyclic) bond motifs is 2. The number of hydrogen-bond donors (Lipinski definition) is 3. The largest absolute Gasteiger partial charge is 0.481 e. The van der Waals surface area contributed by atoms with Crippen LogP contribution < -0.4 is 5.32 Å². The molecule has 5 rings (SSSR count). The lowest BCUT2D eigenvalue weighted by Gasteiger charge is -2.18. The van der Waals surface area contributed by atoms with E-state index < -0.39 is 12.0 Å². The van der Waals surface area contributed by atoms with Gasteiger partial charge in [-0.2, -0.15) is 0 Å². The van der Waals surface area contributed by atoms with Crippen molar-refractivity contribution in [2.24, 2.45) is 0 Å². The number of nitrogens with one attached hydrogen (secondary N) is 2. The van der Waals surface area contributed by atoms with Crippen LogP contribution in [0.5, 0.6) is 0 Å². The minimum atomic E-state index is -0.900. The van der Waals surface area contributed by atoms with Crippen molar-refractivity contribution in [3.8, 4) is 0 Å². The Kier molecular flexibility index (Phi) is 5.66. The van der Waals surface area contributed by atoms with E-state index in [9.17, 15) is 14.7 Å². The second kappa shape index (κ2) is 9.07. The summed E-state index contributed by atoms with van der Waals surface area (Å²) in [7, 11) is 0. The number of para-hydroxylation sites is 1. The van der Waals surface area contributed by atoms with Crippen molar-refractivity contribution in [1.29, 1.82) is 0 Å². The van der Waals surface area contributed by atoms with E-state index in [0.29, 0.717) is 5.69 Å². The summed E-state index contributed by atoms with van der Waals surface area (Å²) < 4.78 is 1.84. The highest BCUT2D eigenvalue weighted by Crippen LogP contribution is 2.28. The molecule has 0 saturated heterocycles. The number of aromatic nitrogens is 3. The van der Waals surface area contributed by atoms with Gasteiger partial charge in [-0.05, 0) is 41.5 Å². The Morgan fingerprint density at radius 1 is 1.06 bits per heavy atom. The van der Waals surface area contributed by atoms with Gasteiger partial charge in [-0.1, -0.05) is 48.5 Å². The lowest BCUT2D eigenvalue weighted by Crippen LogP contribution is -2.14. The maximum Gasteiger partial charge on any atom is 0.305 e. The standard InChI is InChI=1S/C27H22N4O3/c32-26(13-10-19-16-28-22-9-5-4-8-21(19)22)30-20-11-12-23-25(14-20)31(17-29-23)24(15-27(33)34)18-6-2-1-3-7-18/h1-14,16-17,24,28H,15H2,(H,30,32)(H,33,34)/b13-10+. The molecule has 0 radical (unpaired) electrons. The average Bonchev–Trinajstić information content (AvgIpc) is 3.45. The van der Waals surface area contributed by atoms with Crippen LogP contribution in [-0.4, -0.2) is 31.5 Å². The molecule has 0 saturated carbocycles. The van der Waals surface area contributed by atoms with Gasteiger partial charge in [0.25, 0.3) is 0 Å². The Labute approximate surface area is 195 Å². The summed E-state index contributed by atoms with van der Waals surface area (Å²) in [4.78, 5) is 31.8. The topological polar surface area (TPSA) is 100 Å². The summed E-state index contributed by atoms with van der Waals surface area (Å²) in [5, 5.41) is 13.4. The third kappa shape index (κ3) is 4.31. The zero-order chi connectivity index (χ0) is 23.5. The predicted octanol–water partition coefficient (Wildman–Crippen LogP) is 5.23. The number of anilines is 1. The van der Waals surface area contributed by atoms with Gasteiger partial charge in [0.1, 0.15) is 0 Å². The highest BCUT2D eigenvalue weighted by molar-refractivity contribution is 6.04. The Morgan fingerprint density at radius 3 is 2.68 bits per heavy atom. The fourth-order valence-electron chi connectivity index (χ4n) is 4.15. The van der Waals surface area contributed by atoms with Gasteiger partial charge in [0.15, 0.2) is 0 Å². The molecule has 2 heterocycles. The van der Waals surface area contributed by atoms with Crippen LogP contribution in [0.2, 0.25) is 0 Å². The molecule has 1 unspecified atom stereocenters. The van der Waals surface area contributed by atoms with Crippen molar-refractivity contribution in [3.63, 3.8) is 0 Å². The van der Waals surface area contributed by atoms with Crippen molar-refractivity contribution in [2.45, 2.75) is 12.5 Å². The van der Waals surface area contributed by atoms with Crippen molar-refractivity contribution in [1.82, 2.24) is 14.5 Å². The summed E-state index contributed by atoms with van der Waals surface area (Å²) in [6.07, 6.45) is 6.70. The van der Waals surface area contributed by atoms with Gasteiger partial charge in [0.2, 0.25) is 5.91 Å². The molecule has 0 fully saturated rings. The third-order valence-electron chi connectivity index (χ3n) is 5.77. The lowest BCUT2D eigenvalue weighted by molar-refractivity contribution is -0.137. The van der Waals surface area contributed by atoms with Gasteiger partial charge in [0.05, 0.1) is 29.8 Å². The molecule has 1 amide bonds. The summed E-state index contributed by atoms with van der Waals surface area (Å²) in [6, 6.07) is 22.4. The molecule has 34 heavy (non-hydrogen) atoms. The van der Waals surface area contributed by atoms with E-state index in [2.05, 4.69) is 15.3 Å². The van der Waals surface area contributed by atoms with E-state index in [0.717, 1.165) is 33.1 Å². The Balaban J connectivity index is 1.41. The number of hydrogen-bond acceptors (Lipinski definition) is 3. The van der Waals surface area contributed by atoms with Gasteiger partial charge < -0.3 is 20.0 Å². The fourth-order valence-corrected chi connectivity index (χ4v) is 4.15. The maximum absolute atomic E-state index is 12.6. The molecule has 168 valence electrons. The summed E-state index contributed by atoms with van der Waals surface area (Å²) in [6.45, 7) is 0. The van der Waals surface area contributed by atoms with Crippen LogP contribution in [0.1, 0.15) is 23.6 Å². The quantitative estimate of drug-likeness (QED) is 0.296. The minimum Gasteiger partial charge on any atom is -0.481 e. The summed E-state index contributed by atoms with van der Waals surface area (Å²) in [5.74, 6) is -1.16. The van der Waals surface area contributed by atoms with E-state index in [4.69, 9.17) is 0 Å². The van der Waals surface area contributed by atoms with Crippen LogP contribution in [0.15, 0.2) is 91.4 Å². The molecule has 0 aliphatic rings. The van der Waals surface area contributed by atoms with E-state index in [-0.39, 0.29) is 12.3 Å². The Bertz CT molecular complexity index is 1520. The number of carboxylic acids is 1. The number of aliphatic carboxylic acids is 1. The van der Waals surface area contributed by atoms with Crippen molar-refractivity contribution < 1.29 is 14.7 Å². The second-order valence-electron chi connectivity index (χ2n) is 7.99. The molecule has 5 aromatic rings. The number of aromatic amines is 1. The van der Waals surface area contributed by atoms with E-state index in [1.165, 1.54) is 6.08 Å². The second-order valence-corrected chi connectivity index (χ2v) is 7.99. The first-order valence-electron chi connectivity index (χ1n) is 10.9. The molecule has 1 atom stereocenters. The van der Waals surface area contributed by atoms with Crippen LogP contribution in [0.3, 0.4) is 0 Å². The average molecular weight is 450 g/mol. The first-order chi connectivity index (χ1) is 16.6. The number of rotatable bonds is 7. The molecule has 0 bridgehead atoms. The predicted molar refractivity (Wildman–Crippen MR) is 133 cm³/mol. The SMILES string of the molecule is O=C(O)CC(c1ccccc1)n1cnc2ccc(NC(=O)/C=C/c3c[nH]c4ccccc34)cc21. The highest BCUT2D eigenvalue weighted by atomic mass is 16.4. The number of imidazole rings is 1. The van der Waals surface area contributed by atoms with E-state index in [1.807, 2.05) is 77.5 Å². The van der Waals surface area contributed by atoms with Gasteiger partial charge >= 0.3 is 5.97 Å². The normalized spacial score (nSPS) is 12.4. The van der Waals surface area contributed by atoms with Gasteiger partial charge in [-0.3, -0.25) is 9.59 Å². The molecular weight excluding hydrogens is 428 g/mol. The number of H-pyrrole nitrogens is 1. The van der Waals surface area contributed by atoms with Crippen molar-refractivity contribution in [3.05, 3.63) is 103 Å².